The van der Waals surface area contributed by atoms with E-state index in [-0.39, 0.29) is 11.8 Å². The number of amides is 2. The molecule has 5 nitrogen and oxygen atoms in total. The normalized spacial score (nSPS) is 24.8. The lowest BCUT2D eigenvalue weighted by Crippen LogP contribution is -2.39. The van der Waals surface area contributed by atoms with E-state index >= 15 is 0 Å². The van der Waals surface area contributed by atoms with Gasteiger partial charge in [0.05, 0.1) is 0 Å². The van der Waals surface area contributed by atoms with E-state index in [4.69, 9.17) is 0 Å². The van der Waals surface area contributed by atoms with Gasteiger partial charge in [-0.05, 0) is 50.2 Å². The second-order valence-electron chi connectivity index (χ2n) is 7.42. The van der Waals surface area contributed by atoms with Crippen LogP contribution in [0.4, 0.5) is 5.69 Å². The van der Waals surface area contributed by atoms with E-state index in [1.54, 1.807) is 11.8 Å². The van der Waals surface area contributed by atoms with Gasteiger partial charge in [-0.1, -0.05) is 18.2 Å². The quantitative estimate of drug-likeness (QED) is 0.835. The van der Waals surface area contributed by atoms with Gasteiger partial charge >= 0.3 is 0 Å². The molecule has 0 aliphatic carbocycles. The summed E-state index contributed by atoms with van der Waals surface area (Å²) in [5, 5.41) is 6.70. The minimum Gasteiger partial charge on any atom is -0.339 e. The van der Waals surface area contributed by atoms with Crippen molar-refractivity contribution in [2.75, 3.05) is 11.9 Å². The van der Waals surface area contributed by atoms with Gasteiger partial charge in [-0.2, -0.15) is 0 Å². The van der Waals surface area contributed by atoms with Crippen LogP contribution in [0.3, 0.4) is 0 Å². The largest absolute Gasteiger partial charge is 0.339 e. The monoisotopic (exact) mass is 343 g/mol. The first kappa shape index (κ1) is 17.9. The molecule has 2 aliphatic rings. The van der Waals surface area contributed by atoms with Crippen molar-refractivity contribution in [1.29, 1.82) is 0 Å². The van der Waals surface area contributed by atoms with E-state index < -0.39 is 0 Å². The Morgan fingerprint density at radius 3 is 2.52 bits per heavy atom. The van der Waals surface area contributed by atoms with Gasteiger partial charge in [-0.15, -0.1) is 0 Å². The van der Waals surface area contributed by atoms with Gasteiger partial charge in [0.1, 0.15) is 0 Å². The maximum absolute atomic E-state index is 12.5. The van der Waals surface area contributed by atoms with Gasteiger partial charge in [0.2, 0.25) is 11.8 Å². The van der Waals surface area contributed by atoms with Crippen LogP contribution < -0.4 is 10.6 Å². The highest BCUT2D eigenvalue weighted by atomic mass is 16.2. The topological polar surface area (TPSA) is 61.4 Å². The Morgan fingerprint density at radius 2 is 1.88 bits per heavy atom. The number of carbonyl (C=O) groups excluding carboxylic acids is 2. The Hall–Kier alpha value is -1.88. The molecule has 25 heavy (non-hydrogen) atoms. The summed E-state index contributed by atoms with van der Waals surface area (Å²) in [4.78, 5) is 26.0. The molecule has 0 saturated carbocycles. The fourth-order valence-corrected chi connectivity index (χ4v) is 4.24. The molecule has 0 aromatic heterocycles. The third kappa shape index (κ3) is 4.60. The molecule has 3 rings (SSSR count). The summed E-state index contributed by atoms with van der Waals surface area (Å²) in [6.45, 7) is 4.74. The maximum Gasteiger partial charge on any atom is 0.224 e. The number of benzene rings is 1. The van der Waals surface area contributed by atoms with E-state index in [0.29, 0.717) is 37.5 Å². The smallest absolute Gasteiger partial charge is 0.224 e. The van der Waals surface area contributed by atoms with E-state index in [1.165, 1.54) is 12.8 Å². The van der Waals surface area contributed by atoms with Crippen LogP contribution in [0.5, 0.6) is 0 Å². The molecule has 2 amide bonds. The zero-order valence-electron chi connectivity index (χ0n) is 15.3. The molecule has 2 aliphatic heterocycles. The molecular formula is C20H29N3O2. The minimum atomic E-state index is 0.0498. The molecular weight excluding hydrogens is 314 g/mol. The maximum atomic E-state index is 12.5. The van der Waals surface area contributed by atoms with Crippen molar-refractivity contribution in [3.05, 3.63) is 29.8 Å². The number of nitrogens with zero attached hydrogens (tertiary/aromatic N) is 1. The van der Waals surface area contributed by atoms with Gasteiger partial charge < -0.3 is 15.5 Å². The molecule has 2 saturated heterocycles. The average Bonchev–Trinajstić information content (AvgIpc) is 2.92. The van der Waals surface area contributed by atoms with Crippen LogP contribution in [0.15, 0.2) is 24.3 Å². The molecule has 2 fully saturated rings. The van der Waals surface area contributed by atoms with Crippen LogP contribution in [0, 0.1) is 5.92 Å². The molecule has 5 heteroatoms. The third-order valence-electron chi connectivity index (χ3n) is 5.52. The number of piperidine rings is 1. The Morgan fingerprint density at radius 1 is 1.20 bits per heavy atom. The Kier molecular flexibility index (Phi) is 5.74. The number of anilines is 1. The van der Waals surface area contributed by atoms with Crippen LogP contribution in [0.1, 0.15) is 51.5 Å². The molecule has 2 atom stereocenters. The summed E-state index contributed by atoms with van der Waals surface area (Å²) in [5.74, 6) is 0.619. The number of para-hydroxylation sites is 1. The van der Waals surface area contributed by atoms with Crippen molar-refractivity contribution in [2.45, 2.75) is 64.6 Å². The molecule has 2 heterocycles. The van der Waals surface area contributed by atoms with Crippen molar-refractivity contribution in [1.82, 2.24) is 10.2 Å². The fourth-order valence-electron chi connectivity index (χ4n) is 4.24. The summed E-state index contributed by atoms with van der Waals surface area (Å²) in [6.07, 6.45) is 5.32. The van der Waals surface area contributed by atoms with E-state index in [1.807, 2.05) is 31.2 Å². The van der Waals surface area contributed by atoms with Gasteiger partial charge in [-0.3, -0.25) is 9.59 Å². The molecule has 2 N–H and O–H groups in total. The standard InChI is InChI=1S/C20H29N3O2/c1-3-23(14(2)24)13-16-6-4-5-7-19(16)22-20(25)12-15-10-17-8-9-18(11-15)21-17/h4-7,15,17-18,21H,3,8-13H2,1-2H3,(H,22,25). The first-order valence-corrected chi connectivity index (χ1v) is 9.44. The first-order valence-electron chi connectivity index (χ1n) is 9.44. The lowest BCUT2D eigenvalue weighted by molar-refractivity contribution is -0.129. The summed E-state index contributed by atoms with van der Waals surface area (Å²) in [6, 6.07) is 8.99. The lowest BCUT2D eigenvalue weighted by atomic mass is 9.89. The van der Waals surface area contributed by atoms with Crippen molar-refractivity contribution in [2.24, 2.45) is 5.92 Å². The summed E-state index contributed by atoms with van der Waals surface area (Å²) in [7, 11) is 0. The number of carbonyl (C=O) groups is 2. The Labute approximate surface area is 150 Å². The van der Waals surface area contributed by atoms with Crippen molar-refractivity contribution < 1.29 is 9.59 Å². The highest BCUT2D eigenvalue weighted by Gasteiger charge is 2.34. The Bertz CT molecular complexity index is 619. The number of nitrogens with one attached hydrogen (secondary N) is 2. The predicted octanol–water partition coefficient (Wildman–Crippen LogP) is 2.91. The SMILES string of the molecule is CCN(Cc1ccccc1NC(=O)CC1CC2CCC(C1)N2)C(C)=O. The molecule has 2 bridgehead atoms. The number of hydrogen-bond donors (Lipinski definition) is 2. The molecule has 0 radical (unpaired) electrons. The van der Waals surface area contributed by atoms with Crippen molar-refractivity contribution in [3.8, 4) is 0 Å². The molecule has 1 aromatic carbocycles. The Balaban J connectivity index is 1.60. The summed E-state index contributed by atoms with van der Waals surface area (Å²) < 4.78 is 0. The second-order valence-corrected chi connectivity index (χ2v) is 7.42. The molecule has 1 aromatic rings. The second kappa shape index (κ2) is 8.00. The molecule has 136 valence electrons. The molecule has 0 spiro atoms. The van der Waals surface area contributed by atoms with Gasteiger partial charge in [0, 0.05) is 44.2 Å². The van der Waals surface area contributed by atoms with Crippen LogP contribution in [0.2, 0.25) is 0 Å². The van der Waals surface area contributed by atoms with Crippen LogP contribution >= 0.6 is 0 Å². The molecule has 2 unspecified atom stereocenters. The summed E-state index contributed by atoms with van der Waals surface area (Å²) in [5.41, 5.74) is 1.81. The zero-order chi connectivity index (χ0) is 17.8. The van der Waals surface area contributed by atoms with Crippen LogP contribution in [-0.2, 0) is 16.1 Å². The number of hydrogen-bond acceptors (Lipinski definition) is 3. The van der Waals surface area contributed by atoms with Gasteiger partial charge in [0.15, 0.2) is 0 Å². The van der Waals surface area contributed by atoms with E-state index in [2.05, 4.69) is 10.6 Å². The van der Waals surface area contributed by atoms with E-state index in [0.717, 1.165) is 24.1 Å². The van der Waals surface area contributed by atoms with Crippen molar-refractivity contribution in [3.63, 3.8) is 0 Å². The van der Waals surface area contributed by atoms with Crippen LogP contribution in [0.25, 0.3) is 0 Å². The highest BCUT2D eigenvalue weighted by Crippen LogP contribution is 2.33. The third-order valence-corrected chi connectivity index (χ3v) is 5.52. The zero-order valence-corrected chi connectivity index (χ0v) is 15.3. The number of fused-ring (bicyclic) bond motifs is 2. The average molecular weight is 343 g/mol. The predicted molar refractivity (Wildman–Crippen MR) is 99.1 cm³/mol. The van der Waals surface area contributed by atoms with Crippen molar-refractivity contribution >= 4 is 17.5 Å². The minimum absolute atomic E-state index is 0.0498. The highest BCUT2D eigenvalue weighted by molar-refractivity contribution is 5.91. The van der Waals surface area contributed by atoms with Gasteiger partial charge in [0.25, 0.3) is 0 Å². The first-order chi connectivity index (χ1) is 12.0. The lowest BCUT2D eigenvalue weighted by Gasteiger charge is -2.28. The summed E-state index contributed by atoms with van der Waals surface area (Å²) >= 11 is 0. The van der Waals surface area contributed by atoms with E-state index in [9.17, 15) is 9.59 Å². The van der Waals surface area contributed by atoms with Crippen LogP contribution in [-0.4, -0.2) is 35.3 Å². The fraction of sp³-hybridized carbons (Fsp3) is 0.600. The number of rotatable bonds is 6. The van der Waals surface area contributed by atoms with Gasteiger partial charge in [-0.25, -0.2) is 0 Å².